The van der Waals surface area contributed by atoms with E-state index < -0.39 is 23.7 Å². The van der Waals surface area contributed by atoms with Crippen molar-refractivity contribution in [3.63, 3.8) is 0 Å². The summed E-state index contributed by atoms with van der Waals surface area (Å²) < 4.78 is 21.7. The maximum atomic E-state index is 13.8. The van der Waals surface area contributed by atoms with Crippen molar-refractivity contribution in [2.24, 2.45) is 22.6 Å². The number of fused-ring (bicyclic) bond motifs is 4. The standard InChI is InChI=1S/C23H26N4O7/c1-10-17(25-11-5-6-14(31-2)15(7-11)32-3)20(29)16-12(9-34-22(24)30)23(33-4)21-13(26-21)8-27(23)18(16)19(10)28/h5-7,10,12-13,21,26H,8-9H2,1-4H3,(H2,24,30). The van der Waals surface area contributed by atoms with Crippen LogP contribution in [-0.2, 0) is 19.1 Å². The van der Waals surface area contributed by atoms with Crippen LogP contribution in [0.25, 0.3) is 0 Å². The van der Waals surface area contributed by atoms with Crippen molar-refractivity contribution in [2.75, 3.05) is 34.5 Å². The van der Waals surface area contributed by atoms with Crippen LogP contribution < -0.4 is 20.5 Å². The number of rotatable bonds is 6. The Kier molecular flexibility index (Phi) is 5.14. The monoisotopic (exact) mass is 470 g/mol. The van der Waals surface area contributed by atoms with E-state index in [9.17, 15) is 14.4 Å². The summed E-state index contributed by atoms with van der Waals surface area (Å²) in [6, 6.07) is 5.02. The number of aliphatic imine (C=N–C) groups is 1. The van der Waals surface area contributed by atoms with Crippen molar-refractivity contribution >= 4 is 29.1 Å². The van der Waals surface area contributed by atoms with Gasteiger partial charge in [-0.25, -0.2) is 9.79 Å². The number of nitrogens with zero attached hydrogens (tertiary/aromatic N) is 2. The second-order valence-corrected chi connectivity index (χ2v) is 8.71. The molecule has 0 aromatic heterocycles. The van der Waals surface area contributed by atoms with Gasteiger partial charge in [-0.1, -0.05) is 0 Å². The molecule has 2 saturated heterocycles. The van der Waals surface area contributed by atoms with E-state index >= 15 is 0 Å². The van der Waals surface area contributed by atoms with Gasteiger partial charge in [-0.05, 0) is 19.1 Å². The first-order chi connectivity index (χ1) is 16.3. The fourth-order valence-electron chi connectivity index (χ4n) is 5.56. The lowest BCUT2D eigenvalue weighted by Gasteiger charge is -2.39. The van der Waals surface area contributed by atoms with Crippen molar-refractivity contribution in [3.05, 3.63) is 29.5 Å². The Morgan fingerprint density at radius 2 is 1.97 bits per heavy atom. The Bertz CT molecular complexity index is 1160. The zero-order valence-corrected chi connectivity index (χ0v) is 19.3. The summed E-state index contributed by atoms with van der Waals surface area (Å²) in [5.74, 6) is -1.11. The summed E-state index contributed by atoms with van der Waals surface area (Å²) >= 11 is 0. The van der Waals surface area contributed by atoms with Gasteiger partial charge in [0.05, 0.1) is 49.2 Å². The first-order valence-electron chi connectivity index (χ1n) is 10.9. The molecule has 3 heterocycles. The second kappa shape index (κ2) is 7.81. The molecule has 34 heavy (non-hydrogen) atoms. The maximum Gasteiger partial charge on any atom is 0.404 e. The highest BCUT2D eigenvalue weighted by Gasteiger charge is 2.73. The molecule has 0 spiro atoms. The van der Waals surface area contributed by atoms with E-state index in [0.717, 1.165) is 0 Å². The van der Waals surface area contributed by atoms with Gasteiger partial charge in [0.15, 0.2) is 23.0 Å². The molecule has 11 nitrogen and oxygen atoms in total. The van der Waals surface area contributed by atoms with Crippen LogP contribution >= 0.6 is 0 Å². The van der Waals surface area contributed by atoms with Gasteiger partial charge in [0.2, 0.25) is 5.78 Å². The van der Waals surface area contributed by atoms with Crippen molar-refractivity contribution in [3.8, 4) is 11.5 Å². The van der Waals surface area contributed by atoms with Crippen molar-refractivity contribution in [2.45, 2.75) is 24.7 Å². The molecular formula is C23H26N4O7. The molecule has 4 aliphatic rings. The summed E-state index contributed by atoms with van der Waals surface area (Å²) in [6.45, 7) is 1.99. The fourth-order valence-corrected chi connectivity index (χ4v) is 5.56. The number of nitrogens with one attached hydrogen (secondary N) is 1. The minimum absolute atomic E-state index is 0.104. The highest BCUT2D eigenvalue weighted by molar-refractivity contribution is 6.53. The number of Topliss-reactive ketones (excluding diaryl/α,β-unsaturated/α-hetero) is 2. The smallest absolute Gasteiger partial charge is 0.404 e. The third-order valence-electron chi connectivity index (χ3n) is 7.16. The van der Waals surface area contributed by atoms with E-state index in [-0.39, 0.29) is 41.5 Å². The molecule has 0 bridgehead atoms. The highest BCUT2D eigenvalue weighted by atomic mass is 16.6. The van der Waals surface area contributed by atoms with Crippen LogP contribution in [0.1, 0.15) is 6.92 Å². The summed E-state index contributed by atoms with van der Waals surface area (Å²) in [5, 5.41) is 3.33. The lowest BCUT2D eigenvalue weighted by atomic mass is 9.78. The Morgan fingerprint density at radius 3 is 2.62 bits per heavy atom. The Labute approximate surface area is 195 Å². The minimum Gasteiger partial charge on any atom is -0.493 e. The van der Waals surface area contributed by atoms with Gasteiger partial charge in [0.1, 0.15) is 6.61 Å². The number of hydrogen-bond donors (Lipinski definition) is 2. The van der Waals surface area contributed by atoms with Crippen LogP contribution in [0.4, 0.5) is 10.5 Å². The molecule has 1 aliphatic carbocycles. The number of ketones is 2. The Balaban J connectivity index is 1.60. The van der Waals surface area contributed by atoms with Crippen LogP contribution in [0.2, 0.25) is 0 Å². The molecule has 3 aliphatic heterocycles. The van der Waals surface area contributed by atoms with Gasteiger partial charge >= 0.3 is 6.09 Å². The summed E-state index contributed by atoms with van der Waals surface area (Å²) in [7, 11) is 4.55. The summed E-state index contributed by atoms with van der Waals surface area (Å²) in [6.07, 6.45) is -0.965. The first-order valence-corrected chi connectivity index (χ1v) is 10.9. The highest BCUT2D eigenvalue weighted by Crippen LogP contribution is 2.55. The van der Waals surface area contributed by atoms with Gasteiger partial charge in [-0.3, -0.25) is 9.59 Å². The number of amides is 1. The normalized spacial score (nSPS) is 32.5. The van der Waals surface area contributed by atoms with E-state index in [4.69, 9.17) is 24.7 Å². The average Bonchev–Trinajstić information content (AvgIpc) is 3.44. The van der Waals surface area contributed by atoms with E-state index in [1.54, 1.807) is 25.1 Å². The van der Waals surface area contributed by atoms with Crippen LogP contribution in [-0.4, -0.2) is 80.6 Å². The van der Waals surface area contributed by atoms with Crippen molar-refractivity contribution in [1.82, 2.24) is 10.2 Å². The number of carbonyl (C=O) groups excluding carboxylic acids is 3. The third kappa shape index (κ3) is 2.96. The molecule has 0 saturated carbocycles. The molecule has 5 rings (SSSR count). The Morgan fingerprint density at radius 1 is 1.24 bits per heavy atom. The Hall–Kier alpha value is -3.44. The fraction of sp³-hybridized carbons (Fsp3) is 0.478. The van der Waals surface area contributed by atoms with Gasteiger partial charge < -0.3 is 34.9 Å². The predicted octanol–water partition coefficient (Wildman–Crippen LogP) is 0.542. The molecule has 180 valence electrons. The number of benzene rings is 1. The van der Waals surface area contributed by atoms with Crippen LogP contribution in [0.5, 0.6) is 11.5 Å². The predicted molar refractivity (Wildman–Crippen MR) is 119 cm³/mol. The van der Waals surface area contributed by atoms with Crippen LogP contribution in [0.15, 0.2) is 34.5 Å². The van der Waals surface area contributed by atoms with E-state index in [1.807, 2.05) is 4.90 Å². The molecule has 5 atom stereocenters. The lowest BCUT2D eigenvalue weighted by Crippen LogP contribution is -2.55. The number of allylic oxidation sites excluding steroid dienone is 1. The average molecular weight is 470 g/mol. The second-order valence-electron chi connectivity index (χ2n) is 8.71. The van der Waals surface area contributed by atoms with Crippen LogP contribution in [0.3, 0.4) is 0 Å². The zero-order chi connectivity index (χ0) is 24.4. The van der Waals surface area contributed by atoms with Gasteiger partial charge in [-0.2, -0.15) is 0 Å². The summed E-state index contributed by atoms with van der Waals surface area (Å²) in [5.41, 5.74) is 5.32. The largest absolute Gasteiger partial charge is 0.493 e. The first kappa shape index (κ1) is 22.4. The van der Waals surface area contributed by atoms with Crippen LogP contribution in [0, 0.1) is 11.8 Å². The quantitative estimate of drug-likeness (QED) is 0.568. The van der Waals surface area contributed by atoms with Crippen molar-refractivity contribution < 1.29 is 33.3 Å². The number of methoxy groups -OCH3 is 3. The molecule has 5 unspecified atom stereocenters. The number of hydrogen-bond acceptors (Lipinski definition) is 10. The molecule has 2 fully saturated rings. The molecule has 11 heteroatoms. The van der Waals surface area contributed by atoms with Gasteiger partial charge in [-0.15, -0.1) is 0 Å². The number of primary amides is 1. The maximum absolute atomic E-state index is 13.8. The number of nitrogens with two attached hydrogens (primary N) is 1. The number of piperazine rings is 1. The lowest BCUT2D eigenvalue weighted by molar-refractivity contribution is -0.138. The molecule has 1 aromatic carbocycles. The molecular weight excluding hydrogens is 444 g/mol. The van der Waals surface area contributed by atoms with E-state index in [1.165, 1.54) is 21.3 Å². The number of ether oxygens (including phenoxy) is 4. The van der Waals surface area contributed by atoms with E-state index in [0.29, 0.717) is 29.4 Å². The SMILES string of the molecule is COc1ccc(N=C2C(=O)C3=C(C(=O)C2C)N2CC4NC4C2(OC)C3COC(N)=O)cc1OC. The molecule has 1 amide bonds. The topological polar surface area (TPSA) is 152 Å². The summed E-state index contributed by atoms with van der Waals surface area (Å²) in [4.78, 5) is 45.3. The molecule has 1 aromatic rings. The van der Waals surface area contributed by atoms with Gasteiger partial charge in [0, 0.05) is 31.3 Å². The van der Waals surface area contributed by atoms with Crippen molar-refractivity contribution in [1.29, 1.82) is 0 Å². The molecule has 3 N–H and O–H groups in total. The number of carbonyl (C=O) groups is 3. The molecule has 0 radical (unpaired) electrons. The zero-order valence-electron chi connectivity index (χ0n) is 19.3. The van der Waals surface area contributed by atoms with E-state index in [2.05, 4.69) is 10.3 Å². The van der Waals surface area contributed by atoms with Gasteiger partial charge in [0.25, 0.3) is 0 Å². The third-order valence-corrected chi connectivity index (χ3v) is 7.16. The minimum atomic E-state index is -1.02.